The average molecular weight is 334 g/mol. The van der Waals surface area contributed by atoms with Crippen molar-refractivity contribution >= 4 is 28.9 Å². The van der Waals surface area contributed by atoms with Crippen LogP contribution in [0.25, 0.3) is 0 Å². The molecule has 1 aromatic carbocycles. The number of anilines is 1. The van der Waals surface area contributed by atoms with E-state index in [4.69, 9.17) is 12.2 Å². The van der Waals surface area contributed by atoms with Crippen molar-refractivity contribution in [3.8, 4) is 0 Å². The molecule has 0 atom stereocenters. The Morgan fingerprint density at radius 3 is 2.30 bits per heavy atom. The number of nitrogens with one attached hydrogen (secondary N) is 1. The van der Waals surface area contributed by atoms with Gasteiger partial charge >= 0.3 is 0 Å². The van der Waals surface area contributed by atoms with Gasteiger partial charge in [0.15, 0.2) is 5.11 Å². The number of rotatable bonds is 4. The van der Waals surface area contributed by atoms with Crippen molar-refractivity contribution < 1.29 is 4.79 Å². The summed E-state index contributed by atoms with van der Waals surface area (Å²) >= 11 is 5.51. The van der Waals surface area contributed by atoms with Crippen LogP contribution in [0.3, 0.4) is 0 Å². The third-order valence-corrected chi connectivity index (χ3v) is 4.49. The summed E-state index contributed by atoms with van der Waals surface area (Å²) in [5.41, 5.74) is 2.35. The molecule has 0 saturated carbocycles. The number of piperazine rings is 1. The van der Waals surface area contributed by atoms with E-state index in [0.717, 1.165) is 43.4 Å². The standard InChI is InChI=1S/C17H26N4OS/c1-4-14-5-7-15(8-6-14)18-17(23)21-11-9-20(10-12-21)13-16(22)19(2)3/h5-8H,4,9-13H2,1-3H3,(H,18,23). The molecule has 1 aliphatic rings. The second-order valence-corrected chi connectivity index (χ2v) is 6.42. The lowest BCUT2D eigenvalue weighted by Crippen LogP contribution is -2.51. The first kappa shape index (κ1) is 17.7. The van der Waals surface area contributed by atoms with Crippen molar-refractivity contribution in [3.05, 3.63) is 29.8 Å². The number of hydrogen-bond acceptors (Lipinski definition) is 3. The van der Waals surface area contributed by atoms with Crippen LogP contribution in [0.15, 0.2) is 24.3 Å². The minimum atomic E-state index is 0.148. The van der Waals surface area contributed by atoms with Gasteiger partial charge in [0.25, 0.3) is 0 Å². The van der Waals surface area contributed by atoms with Crippen LogP contribution < -0.4 is 5.32 Å². The predicted octanol–water partition coefficient (Wildman–Crippen LogP) is 1.65. The van der Waals surface area contributed by atoms with Crippen molar-refractivity contribution in [2.45, 2.75) is 13.3 Å². The van der Waals surface area contributed by atoms with Gasteiger partial charge in [-0.05, 0) is 36.3 Å². The Morgan fingerprint density at radius 1 is 1.17 bits per heavy atom. The SMILES string of the molecule is CCc1ccc(NC(=S)N2CCN(CC(=O)N(C)C)CC2)cc1. The normalized spacial score (nSPS) is 15.3. The van der Waals surface area contributed by atoms with Crippen LogP contribution in [0.5, 0.6) is 0 Å². The Balaban J connectivity index is 1.80. The van der Waals surface area contributed by atoms with Gasteiger partial charge in [-0.1, -0.05) is 19.1 Å². The van der Waals surface area contributed by atoms with Crippen LogP contribution in [-0.2, 0) is 11.2 Å². The van der Waals surface area contributed by atoms with Gasteiger partial charge in [0.05, 0.1) is 6.54 Å². The van der Waals surface area contributed by atoms with Gasteiger partial charge < -0.3 is 15.1 Å². The first-order valence-electron chi connectivity index (χ1n) is 8.07. The van der Waals surface area contributed by atoms with Crippen LogP contribution in [0.2, 0.25) is 0 Å². The molecule has 23 heavy (non-hydrogen) atoms. The van der Waals surface area contributed by atoms with Gasteiger partial charge in [0, 0.05) is 46.0 Å². The van der Waals surface area contributed by atoms with Crippen LogP contribution in [0.1, 0.15) is 12.5 Å². The molecule has 0 aliphatic carbocycles. The summed E-state index contributed by atoms with van der Waals surface area (Å²) in [5, 5.41) is 4.06. The van der Waals surface area contributed by atoms with Crippen molar-refractivity contribution in [3.63, 3.8) is 0 Å². The molecular formula is C17H26N4OS. The second-order valence-electron chi connectivity index (χ2n) is 6.03. The van der Waals surface area contributed by atoms with Crippen molar-refractivity contribution in [2.24, 2.45) is 0 Å². The van der Waals surface area contributed by atoms with Gasteiger partial charge in [-0.15, -0.1) is 0 Å². The van der Waals surface area contributed by atoms with E-state index in [1.165, 1.54) is 5.56 Å². The highest BCUT2D eigenvalue weighted by Crippen LogP contribution is 2.12. The highest BCUT2D eigenvalue weighted by atomic mass is 32.1. The number of aryl methyl sites for hydroxylation is 1. The first-order valence-corrected chi connectivity index (χ1v) is 8.47. The summed E-state index contributed by atoms with van der Waals surface area (Å²) in [5.74, 6) is 0.148. The topological polar surface area (TPSA) is 38.8 Å². The Morgan fingerprint density at radius 2 is 1.78 bits per heavy atom. The van der Waals surface area contributed by atoms with Crippen LogP contribution in [-0.4, -0.2) is 72.5 Å². The maximum absolute atomic E-state index is 11.8. The van der Waals surface area contributed by atoms with Gasteiger partial charge in [0.1, 0.15) is 0 Å². The van der Waals surface area contributed by atoms with Crippen LogP contribution >= 0.6 is 12.2 Å². The number of carbonyl (C=O) groups excluding carboxylic acids is 1. The Labute approximate surface area is 144 Å². The average Bonchev–Trinajstić information content (AvgIpc) is 2.56. The number of likely N-dealkylation sites (N-methyl/N-ethyl adjacent to an activating group) is 1. The molecule has 1 aromatic rings. The Bertz CT molecular complexity index is 536. The molecule has 0 radical (unpaired) electrons. The minimum Gasteiger partial charge on any atom is -0.348 e. The summed E-state index contributed by atoms with van der Waals surface area (Å²) in [4.78, 5) is 17.7. The highest BCUT2D eigenvalue weighted by Gasteiger charge is 2.21. The smallest absolute Gasteiger partial charge is 0.236 e. The molecule has 5 nitrogen and oxygen atoms in total. The first-order chi connectivity index (χ1) is 11.0. The van der Waals surface area contributed by atoms with E-state index in [-0.39, 0.29) is 5.91 Å². The summed E-state index contributed by atoms with van der Waals surface area (Å²) in [6.45, 7) is 6.04. The summed E-state index contributed by atoms with van der Waals surface area (Å²) in [6.07, 6.45) is 1.04. The van der Waals surface area contributed by atoms with E-state index in [0.29, 0.717) is 6.54 Å². The molecule has 1 saturated heterocycles. The number of carbonyl (C=O) groups is 1. The molecule has 1 amide bonds. The number of thiocarbonyl (C=S) groups is 1. The molecule has 1 fully saturated rings. The minimum absolute atomic E-state index is 0.148. The fraction of sp³-hybridized carbons (Fsp3) is 0.529. The van der Waals surface area contributed by atoms with E-state index in [1.807, 2.05) is 0 Å². The molecule has 0 spiro atoms. The number of nitrogens with zero attached hydrogens (tertiary/aromatic N) is 3. The van der Waals surface area contributed by atoms with Crippen LogP contribution in [0.4, 0.5) is 5.69 Å². The fourth-order valence-corrected chi connectivity index (χ4v) is 2.77. The molecule has 1 N–H and O–H groups in total. The predicted molar refractivity (Wildman–Crippen MR) is 98.7 cm³/mol. The quantitative estimate of drug-likeness (QED) is 0.848. The van der Waals surface area contributed by atoms with Crippen molar-refractivity contribution in [2.75, 3.05) is 52.1 Å². The number of hydrogen-bond donors (Lipinski definition) is 1. The summed E-state index contributed by atoms with van der Waals surface area (Å²) in [6, 6.07) is 8.37. The zero-order valence-corrected chi connectivity index (χ0v) is 15.0. The zero-order chi connectivity index (χ0) is 16.8. The van der Waals surface area contributed by atoms with Gasteiger partial charge in [0.2, 0.25) is 5.91 Å². The molecule has 6 heteroatoms. The Hall–Kier alpha value is -1.66. The van der Waals surface area contributed by atoms with Crippen molar-refractivity contribution in [1.82, 2.24) is 14.7 Å². The van der Waals surface area contributed by atoms with E-state index in [2.05, 4.69) is 46.3 Å². The van der Waals surface area contributed by atoms with Gasteiger partial charge in [-0.25, -0.2) is 0 Å². The summed E-state index contributed by atoms with van der Waals surface area (Å²) in [7, 11) is 3.59. The molecule has 0 bridgehead atoms. The van der Waals surface area contributed by atoms with Gasteiger partial charge in [-0.3, -0.25) is 9.69 Å². The van der Waals surface area contributed by atoms with E-state index < -0.39 is 0 Å². The third-order valence-electron chi connectivity index (χ3n) is 4.13. The third kappa shape index (κ3) is 5.18. The molecule has 2 rings (SSSR count). The number of amides is 1. The summed E-state index contributed by atoms with van der Waals surface area (Å²) < 4.78 is 0. The lowest BCUT2D eigenvalue weighted by Gasteiger charge is -2.36. The molecule has 1 heterocycles. The number of benzene rings is 1. The largest absolute Gasteiger partial charge is 0.348 e. The van der Waals surface area contributed by atoms with Crippen LogP contribution in [0, 0.1) is 0 Å². The maximum Gasteiger partial charge on any atom is 0.236 e. The molecule has 126 valence electrons. The van der Waals surface area contributed by atoms with Gasteiger partial charge in [-0.2, -0.15) is 0 Å². The molecule has 0 aromatic heterocycles. The zero-order valence-electron chi connectivity index (χ0n) is 14.2. The van der Waals surface area contributed by atoms with E-state index in [9.17, 15) is 4.79 Å². The molecular weight excluding hydrogens is 308 g/mol. The van der Waals surface area contributed by atoms with E-state index >= 15 is 0 Å². The lowest BCUT2D eigenvalue weighted by molar-refractivity contribution is -0.130. The fourth-order valence-electron chi connectivity index (χ4n) is 2.47. The Kier molecular flexibility index (Phi) is 6.36. The second kappa shape index (κ2) is 8.26. The molecule has 0 unspecified atom stereocenters. The maximum atomic E-state index is 11.8. The monoisotopic (exact) mass is 334 g/mol. The van der Waals surface area contributed by atoms with E-state index in [1.54, 1.807) is 19.0 Å². The lowest BCUT2D eigenvalue weighted by atomic mass is 10.1. The highest BCUT2D eigenvalue weighted by molar-refractivity contribution is 7.80. The molecule has 1 aliphatic heterocycles. The van der Waals surface area contributed by atoms with Crippen molar-refractivity contribution in [1.29, 1.82) is 0 Å².